The van der Waals surface area contributed by atoms with Gasteiger partial charge in [0.15, 0.2) is 5.82 Å². The molecule has 1 saturated heterocycles. The van der Waals surface area contributed by atoms with Crippen LogP contribution in [0.4, 0.5) is 10.2 Å². The van der Waals surface area contributed by atoms with Gasteiger partial charge in [-0.15, -0.1) is 0 Å². The maximum atomic E-state index is 13.5. The van der Waals surface area contributed by atoms with Crippen molar-refractivity contribution in [1.82, 2.24) is 29.4 Å². The van der Waals surface area contributed by atoms with Crippen molar-refractivity contribution >= 4 is 11.7 Å². The van der Waals surface area contributed by atoms with Crippen LogP contribution in [0, 0.1) is 5.82 Å². The Bertz CT molecular complexity index is 1410. The van der Waals surface area contributed by atoms with Gasteiger partial charge < -0.3 is 19.8 Å². The van der Waals surface area contributed by atoms with Crippen LogP contribution in [0.2, 0.25) is 0 Å². The Morgan fingerprint density at radius 2 is 1.94 bits per heavy atom. The maximum Gasteiger partial charge on any atom is 0.274 e. The van der Waals surface area contributed by atoms with Gasteiger partial charge in [-0.25, -0.2) is 19.3 Å². The molecule has 5 rings (SSSR count). The van der Waals surface area contributed by atoms with E-state index in [0.29, 0.717) is 36.1 Å². The summed E-state index contributed by atoms with van der Waals surface area (Å²) in [5, 5.41) is 2.76. The van der Waals surface area contributed by atoms with E-state index in [1.165, 1.54) is 23.2 Å². The predicted octanol–water partition coefficient (Wildman–Crippen LogP) is 4.34. The first-order valence-corrected chi connectivity index (χ1v) is 11.0. The molecule has 1 aliphatic rings. The summed E-state index contributed by atoms with van der Waals surface area (Å²) in [6.45, 7) is 2.85. The van der Waals surface area contributed by atoms with E-state index < -0.39 is 12.9 Å². The van der Waals surface area contributed by atoms with Gasteiger partial charge in [0.25, 0.3) is 5.91 Å². The third kappa shape index (κ3) is 4.22. The molecule has 174 valence electrons. The van der Waals surface area contributed by atoms with Crippen molar-refractivity contribution in [2.24, 2.45) is 0 Å². The molecule has 0 atom stereocenters. The van der Waals surface area contributed by atoms with Crippen LogP contribution < -0.4 is 5.32 Å². The summed E-state index contributed by atoms with van der Waals surface area (Å²) in [5.74, 6) is 0.195. The predicted molar refractivity (Wildman–Crippen MR) is 128 cm³/mol. The topological polar surface area (TPSA) is 91.7 Å². The van der Waals surface area contributed by atoms with Gasteiger partial charge in [0, 0.05) is 40.9 Å². The van der Waals surface area contributed by atoms with E-state index >= 15 is 0 Å². The highest BCUT2D eigenvalue weighted by Gasteiger charge is 2.25. The Labute approximate surface area is 201 Å². The number of nitrogens with zero attached hydrogens (tertiary/aromatic N) is 5. The number of carbonyl (C=O) groups is 1. The number of halogens is 1. The molecule has 0 aliphatic carbocycles. The minimum absolute atomic E-state index is 0.0734. The molecule has 9 heteroatoms. The van der Waals surface area contributed by atoms with Gasteiger partial charge in [-0.05, 0) is 56.7 Å². The fraction of sp³-hybridized carbons (Fsp3) is 0.280. The Morgan fingerprint density at radius 3 is 2.62 bits per heavy atom. The van der Waals surface area contributed by atoms with Crippen LogP contribution in [0.5, 0.6) is 0 Å². The normalized spacial score (nSPS) is 16.1. The molecule has 1 aromatic carbocycles. The van der Waals surface area contributed by atoms with E-state index in [1.54, 1.807) is 30.7 Å². The third-order valence-corrected chi connectivity index (χ3v) is 5.89. The van der Waals surface area contributed by atoms with E-state index in [4.69, 9.17) is 4.11 Å². The van der Waals surface area contributed by atoms with Crippen molar-refractivity contribution < 1.29 is 13.3 Å². The van der Waals surface area contributed by atoms with Crippen molar-refractivity contribution in [2.75, 3.05) is 25.4 Å². The lowest BCUT2D eigenvalue weighted by atomic mass is 9.93. The number of H-pyrrole nitrogens is 1. The van der Waals surface area contributed by atoms with E-state index in [9.17, 15) is 9.18 Å². The lowest BCUT2D eigenvalue weighted by molar-refractivity contribution is 0.102. The number of anilines is 1. The van der Waals surface area contributed by atoms with Crippen LogP contribution >= 0.6 is 0 Å². The highest BCUT2D eigenvalue weighted by molar-refractivity contribution is 6.02. The van der Waals surface area contributed by atoms with Crippen molar-refractivity contribution in [2.45, 2.75) is 25.8 Å². The number of carbonyl (C=O) groups excluding carboxylic acids is 1. The molecule has 0 unspecified atom stereocenters. The lowest BCUT2D eigenvalue weighted by Gasteiger charge is -2.36. The van der Waals surface area contributed by atoms with E-state index in [-0.39, 0.29) is 23.5 Å². The number of rotatable bonds is 6. The van der Waals surface area contributed by atoms with E-state index in [0.717, 1.165) is 11.1 Å². The number of amides is 1. The number of likely N-dealkylation sites (tertiary alicyclic amines) is 1. The number of hydrogen-bond donors (Lipinski definition) is 2. The first-order chi connectivity index (χ1) is 17.6. The maximum absolute atomic E-state index is 13.5. The molecule has 8 nitrogen and oxygen atoms in total. The number of nitrogens with one attached hydrogen (secondary N) is 2. The summed E-state index contributed by atoms with van der Waals surface area (Å²) < 4.78 is 37.7. The molecule has 0 spiro atoms. The molecule has 1 aliphatic heterocycles. The van der Waals surface area contributed by atoms with Gasteiger partial charge in [0.2, 0.25) is 0 Å². The lowest BCUT2D eigenvalue weighted by Crippen LogP contribution is -2.41. The zero-order chi connectivity index (χ0) is 26.3. The summed E-state index contributed by atoms with van der Waals surface area (Å²) in [4.78, 5) is 30.7. The Morgan fingerprint density at radius 1 is 1.15 bits per heavy atom. The summed E-state index contributed by atoms with van der Waals surface area (Å²) in [6.07, 6.45) is 4.81. The number of benzene rings is 1. The highest BCUT2D eigenvalue weighted by Crippen LogP contribution is 2.32. The number of imidazole rings is 2. The largest absolute Gasteiger partial charge is 0.333 e. The Kier molecular flexibility index (Phi) is 4.82. The quantitative estimate of drug-likeness (QED) is 0.445. The van der Waals surface area contributed by atoms with Crippen molar-refractivity contribution in [1.29, 1.82) is 0 Å². The van der Waals surface area contributed by atoms with Crippen molar-refractivity contribution in [3.05, 3.63) is 72.2 Å². The van der Waals surface area contributed by atoms with Gasteiger partial charge in [0.05, 0.1) is 18.2 Å². The molecule has 2 N–H and O–H groups in total. The smallest absolute Gasteiger partial charge is 0.274 e. The minimum atomic E-state index is -2.08. The second-order valence-corrected chi connectivity index (χ2v) is 8.63. The minimum Gasteiger partial charge on any atom is -0.333 e. The first kappa shape index (κ1) is 18.6. The van der Waals surface area contributed by atoms with Gasteiger partial charge in [-0.3, -0.25) is 4.79 Å². The van der Waals surface area contributed by atoms with Gasteiger partial charge >= 0.3 is 0 Å². The van der Waals surface area contributed by atoms with Gasteiger partial charge in [-0.2, -0.15) is 0 Å². The third-order valence-electron chi connectivity index (χ3n) is 5.89. The fourth-order valence-corrected chi connectivity index (χ4v) is 3.96. The van der Waals surface area contributed by atoms with Gasteiger partial charge in [-0.1, -0.05) is 6.07 Å². The van der Waals surface area contributed by atoms with Crippen LogP contribution in [0.1, 0.15) is 46.0 Å². The monoisotopic (exact) mass is 462 g/mol. The van der Waals surface area contributed by atoms with Crippen LogP contribution in [-0.4, -0.2) is 55.4 Å². The molecular weight excluding hydrogens is 433 g/mol. The summed E-state index contributed by atoms with van der Waals surface area (Å²) in [5.41, 5.74) is 3.22. The van der Waals surface area contributed by atoms with E-state index in [1.807, 2.05) is 24.5 Å². The second kappa shape index (κ2) is 8.83. The standard InChI is InChI=1S/C25H26FN7O/c1-15(2)33-14-29-22(16-4-7-19(26)8-5-16)23(33)24-28-11-20(30-24)25(34)31-21-9-6-17(10-27-21)18-12-32(3)13-18/h4-11,14-15,18H,12-13H2,1-3H3,(H,28,30)(H,27,31,34)/i3D3. The second-order valence-electron chi connectivity index (χ2n) is 8.63. The van der Waals surface area contributed by atoms with Crippen LogP contribution in [-0.2, 0) is 0 Å². The van der Waals surface area contributed by atoms with Crippen LogP contribution in [0.15, 0.2) is 55.1 Å². The molecular formula is C25H26FN7O. The van der Waals surface area contributed by atoms with Crippen LogP contribution in [0.25, 0.3) is 22.8 Å². The SMILES string of the molecule is [2H]C([2H])([2H])N1CC(c2ccc(NC(=O)c3cnc(-c4c(-c5ccc(F)cc5)ncn4C(C)C)[nH]3)nc2)C1. The zero-order valence-corrected chi connectivity index (χ0v) is 18.8. The number of aromatic amines is 1. The molecule has 4 aromatic rings. The molecule has 1 fully saturated rings. The summed E-state index contributed by atoms with van der Waals surface area (Å²) >= 11 is 0. The molecule has 0 saturated carbocycles. The van der Waals surface area contributed by atoms with Crippen molar-refractivity contribution in [3.63, 3.8) is 0 Å². The van der Waals surface area contributed by atoms with Crippen LogP contribution in [0.3, 0.4) is 0 Å². The number of aromatic nitrogens is 5. The molecule has 34 heavy (non-hydrogen) atoms. The average Bonchev–Trinajstić information content (AvgIpc) is 3.46. The van der Waals surface area contributed by atoms with Gasteiger partial charge in [0.1, 0.15) is 23.0 Å². The fourth-order valence-electron chi connectivity index (χ4n) is 3.96. The molecule has 4 heterocycles. The van der Waals surface area contributed by atoms with Crippen molar-refractivity contribution in [3.8, 4) is 22.8 Å². The number of hydrogen-bond acceptors (Lipinski definition) is 5. The molecule has 1 amide bonds. The Hall–Kier alpha value is -3.85. The molecule has 3 aromatic heterocycles. The molecule has 0 bridgehead atoms. The Balaban J connectivity index is 1.32. The molecule has 0 radical (unpaired) electrons. The van der Waals surface area contributed by atoms with E-state index in [2.05, 4.69) is 25.3 Å². The average molecular weight is 463 g/mol. The summed E-state index contributed by atoms with van der Waals surface area (Å²) in [7, 11) is 0. The zero-order valence-electron chi connectivity index (χ0n) is 21.8. The first-order valence-electron chi connectivity index (χ1n) is 12.5. The summed E-state index contributed by atoms with van der Waals surface area (Å²) in [6, 6.07) is 9.68. The number of pyridine rings is 1. The number of likely N-dealkylation sites (N-methyl/N-ethyl adjacent to an activating group) is 1. The highest BCUT2D eigenvalue weighted by atomic mass is 19.1.